The van der Waals surface area contributed by atoms with Gasteiger partial charge < -0.3 is 10.6 Å². The highest BCUT2D eigenvalue weighted by Crippen LogP contribution is 2.39. The summed E-state index contributed by atoms with van der Waals surface area (Å²) in [6, 6.07) is 0. The highest BCUT2D eigenvalue weighted by Gasteiger charge is 2.30. The molecule has 2 nitrogen and oxygen atoms in total. The number of hydrogen-bond donors (Lipinski definition) is 2. The summed E-state index contributed by atoms with van der Waals surface area (Å²) in [7, 11) is 0. The second-order valence-corrected chi connectivity index (χ2v) is 8.48. The van der Waals surface area contributed by atoms with Gasteiger partial charge in [-0.05, 0) is 63.8 Å². The topological polar surface area (TPSA) is 24.1 Å². The molecule has 2 N–H and O–H groups in total. The van der Waals surface area contributed by atoms with E-state index in [-0.39, 0.29) is 5.54 Å². The lowest BCUT2D eigenvalue weighted by atomic mass is 9.69. The van der Waals surface area contributed by atoms with Crippen molar-refractivity contribution in [3.05, 3.63) is 0 Å². The molecular weight excluding hydrogens is 232 g/mol. The lowest BCUT2D eigenvalue weighted by Crippen LogP contribution is -2.41. The van der Waals surface area contributed by atoms with Gasteiger partial charge >= 0.3 is 0 Å². The van der Waals surface area contributed by atoms with E-state index < -0.39 is 0 Å². The highest BCUT2D eigenvalue weighted by atomic mass is 15.0. The summed E-state index contributed by atoms with van der Waals surface area (Å²) in [4.78, 5) is 0. The molecule has 0 saturated heterocycles. The van der Waals surface area contributed by atoms with E-state index in [1.165, 1.54) is 32.2 Å². The van der Waals surface area contributed by atoms with Crippen LogP contribution >= 0.6 is 0 Å². The van der Waals surface area contributed by atoms with E-state index >= 15 is 0 Å². The fourth-order valence-electron chi connectivity index (χ4n) is 3.10. The molecule has 0 amide bonds. The Balaban J connectivity index is 2.16. The molecular formula is C17H36N2. The first-order valence-corrected chi connectivity index (χ1v) is 8.14. The van der Waals surface area contributed by atoms with Crippen LogP contribution in [0.15, 0.2) is 0 Å². The molecule has 2 atom stereocenters. The van der Waals surface area contributed by atoms with Crippen LogP contribution in [-0.2, 0) is 0 Å². The van der Waals surface area contributed by atoms with Crippen LogP contribution in [0.2, 0.25) is 0 Å². The minimum atomic E-state index is 0.240. The Labute approximate surface area is 121 Å². The van der Waals surface area contributed by atoms with Gasteiger partial charge in [-0.2, -0.15) is 0 Å². The number of hydrogen-bond acceptors (Lipinski definition) is 2. The molecule has 1 saturated carbocycles. The van der Waals surface area contributed by atoms with Gasteiger partial charge in [0.25, 0.3) is 0 Å². The minimum absolute atomic E-state index is 0.240. The van der Waals surface area contributed by atoms with Crippen molar-refractivity contribution in [2.45, 2.75) is 72.8 Å². The van der Waals surface area contributed by atoms with Crippen molar-refractivity contribution in [1.82, 2.24) is 10.6 Å². The van der Waals surface area contributed by atoms with E-state index in [1.807, 2.05) is 0 Å². The summed E-state index contributed by atoms with van der Waals surface area (Å²) in [5.74, 6) is 1.81. The molecule has 2 unspecified atom stereocenters. The third kappa shape index (κ3) is 7.31. The van der Waals surface area contributed by atoms with Gasteiger partial charge in [-0.25, -0.2) is 0 Å². The highest BCUT2D eigenvalue weighted by molar-refractivity contribution is 4.82. The molecule has 1 aliphatic rings. The average molecular weight is 268 g/mol. The molecule has 0 aliphatic heterocycles. The van der Waals surface area contributed by atoms with Crippen LogP contribution in [0.1, 0.15) is 67.2 Å². The average Bonchev–Trinajstić information content (AvgIpc) is 2.26. The first-order chi connectivity index (χ1) is 8.68. The Morgan fingerprint density at radius 3 is 2.21 bits per heavy atom. The van der Waals surface area contributed by atoms with Crippen LogP contribution < -0.4 is 10.6 Å². The van der Waals surface area contributed by atoms with Crippen LogP contribution in [-0.4, -0.2) is 25.2 Å². The molecule has 114 valence electrons. The van der Waals surface area contributed by atoms with Crippen molar-refractivity contribution < 1.29 is 0 Å². The molecule has 0 aromatic heterocycles. The van der Waals surface area contributed by atoms with Crippen LogP contribution in [0.25, 0.3) is 0 Å². The quantitative estimate of drug-likeness (QED) is 0.741. The maximum Gasteiger partial charge on any atom is 0.00970 e. The van der Waals surface area contributed by atoms with E-state index in [2.05, 4.69) is 52.2 Å². The first-order valence-electron chi connectivity index (χ1n) is 8.14. The van der Waals surface area contributed by atoms with Gasteiger partial charge in [-0.3, -0.25) is 0 Å². The second kappa shape index (κ2) is 7.08. The van der Waals surface area contributed by atoms with E-state index in [0.29, 0.717) is 5.41 Å². The monoisotopic (exact) mass is 268 g/mol. The van der Waals surface area contributed by atoms with Crippen LogP contribution in [0.5, 0.6) is 0 Å². The summed E-state index contributed by atoms with van der Waals surface area (Å²) >= 11 is 0. The number of nitrogens with one attached hydrogen (secondary N) is 2. The maximum absolute atomic E-state index is 3.64. The van der Waals surface area contributed by atoms with Crippen molar-refractivity contribution >= 4 is 0 Å². The van der Waals surface area contributed by atoms with Crippen LogP contribution in [0.3, 0.4) is 0 Å². The van der Waals surface area contributed by atoms with E-state index in [0.717, 1.165) is 24.9 Å². The summed E-state index contributed by atoms with van der Waals surface area (Å²) < 4.78 is 0. The largest absolute Gasteiger partial charge is 0.315 e. The van der Waals surface area contributed by atoms with Gasteiger partial charge in [-0.15, -0.1) is 0 Å². The molecule has 1 aliphatic carbocycles. The van der Waals surface area contributed by atoms with Crippen LogP contribution in [0, 0.1) is 17.3 Å². The molecule has 0 heterocycles. The van der Waals surface area contributed by atoms with E-state index in [1.54, 1.807) is 0 Å². The molecule has 0 spiro atoms. The Kier molecular flexibility index (Phi) is 6.32. The van der Waals surface area contributed by atoms with Crippen molar-refractivity contribution in [3.8, 4) is 0 Å². The Morgan fingerprint density at radius 1 is 0.947 bits per heavy atom. The summed E-state index contributed by atoms with van der Waals surface area (Å²) in [6.45, 7) is 17.2. The van der Waals surface area contributed by atoms with Gasteiger partial charge in [0.1, 0.15) is 0 Å². The van der Waals surface area contributed by atoms with Gasteiger partial charge in [-0.1, -0.05) is 27.2 Å². The van der Waals surface area contributed by atoms with E-state index in [4.69, 9.17) is 0 Å². The Morgan fingerprint density at radius 2 is 1.63 bits per heavy atom. The molecule has 0 radical (unpaired) electrons. The third-order valence-electron chi connectivity index (χ3n) is 4.40. The zero-order valence-corrected chi connectivity index (χ0v) is 14.1. The summed E-state index contributed by atoms with van der Waals surface area (Å²) in [6.07, 6.45) is 5.70. The predicted octanol–water partition coefficient (Wildman–Crippen LogP) is 3.82. The van der Waals surface area contributed by atoms with E-state index in [9.17, 15) is 0 Å². The Hall–Kier alpha value is -0.0800. The fourth-order valence-corrected chi connectivity index (χ4v) is 3.10. The zero-order valence-electron chi connectivity index (χ0n) is 14.1. The standard InChI is InChI=1S/C17H36N2/c1-16(2,3)15-9-7-8-14(12-15)13-18-10-11-19-17(4,5)6/h14-15,18-19H,7-13H2,1-6H3. The Bertz CT molecular complexity index is 247. The molecule has 0 aromatic rings. The van der Waals surface area contributed by atoms with Crippen LogP contribution in [0.4, 0.5) is 0 Å². The lowest BCUT2D eigenvalue weighted by Gasteiger charge is -2.37. The van der Waals surface area contributed by atoms with Gasteiger partial charge in [0, 0.05) is 18.6 Å². The molecule has 0 aromatic carbocycles. The smallest absolute Gasteiger partial charge is 0.00970 e. The van der Waals surface area contributed by atoms with Gasteiger partial charge in [0.2, 0.25) is 0 Å². The van der Waals surface area contributed by atoms with Crippen molar-refractivity contribution in [2.75, 3.05) is 19.6 Å². The predicted molar refractivity (Wildman–Crippen MR) is 85.5 cm³/mol. The van der Waals surface area contributed by atoms with Crippen molar-refractivity contribution in [3.63, 3.8) is 0 Å². The van der Waals surface area contributed by atoms with Crippen molar-refractivity contribution in [1.29, 1.82) is 0 Å². The third-order valence-corrected chi connectivity index (χ3v) is 4.40. The minimum Gasteiger partial charge on any atom is -0.315 e. The molecule has 0 bridgehead atoms. The number of rotatable bonds is 5. The van der Waals surface area contributed by atoms with Gasteiger partial charge in [0.05, 0.1) is 0 Å². The van der Waals surface area contributed by atoms with Gasteiger partial charge in [0.15, 0.2) is 0 Å². The normalized spacial score (nSPS) is 25.6. The summed E-state index contributed by atoms with van der Waals surface area (Å²) in [5.41, 5.74) is 0.732. The molecule has 1 fully saturated rings. The summed E-state index contributed by atoms with van der Waals surface area (Å²) in [5, 5.41) is 7.17. The first kappa shape index (κ1) is 17.0. The fraction of sp³-hybridized carbons (Fsp3) is 1.00. The van der Waals surface area contributed by atoms with Crippen molar-refractivity contribution in [2.24, 2.45) is 17.3 Å². The zero-order chi connectivity index (χ0) is 14.5. The molecule has 2 heteroatoms. The lowest BCUT2D eigenvalue weighted by molar-refractivity contribution is 0.140. The maximum atomic E-state index is 3.64. The second-order valence-electron chi connectivity index (χ2n) is 8.48. The molecule has 19 heavy (non-hydrogen) atoms. The SMILES string of the molecule is CC(C)(C)NCCNCC1CCCC(C(C)(C)C)C1. The molecule has 1 rings (SSSR count).